The summed E-state index contributed by atoms with van der Waals surface area (Å²) in [6.45, 7) is 0. The summed E-state index contributed by atoms with van der Waals surface area (Å²) in [6, 6.07) is 23.0. The zero-order valence-electron chi connectivity index (χ0n) is 13.5. The third-order valence-corrected chi connectivity index (χ3v) is 4.59. The molecule has 3 heterocycles. The molecule has 2 aromatic carbocycles. The fraction of sp³-hybridized carbons (Fsp3) is 0. The van der Waals surface area contributed by atoms with Gasteiger partial charge in [-0.3, -0.25) is 4.98 Å². The van der Waals surface area contributed by atoms with Crippen LogP contribution in [-0.2, 0) is 0 Å². The van der Waals surface area contributed by atoms with Crippen molar-refractivity contribution in [2.24, 2.45) is 0 Å². The van der Waals surface area contributed by atoms with E-state index in [0.717, 1.165) is 33.1 Å². The Bertz CT molecular complexity index is 1190. The van der Waals surface area contributed by atoms with Crippen molar-refractivity contribution >= 4 is 21.9 Å². The Kier molecular flexibility index (Phi) is 3.10. The third-order valence-electron chi connectivity index (χ3n) is 4.59. The van der Waals surface area contributed by atoms with E-state index in [1.165, 1.54) is 11.1 Å². The molecule has 0 saturated carbocycles. The van der Waals surface area contributed by atoms with Crippen molar-refractivity contribution in [3.05, 3.63) is 85.3 Å². The summed E-state index contributed by atoms with van der Waals surface area (Å²) in [5.74, 6) is 0. The third kappa shape index (κ3) is 2.29. The molecule has 3 aromatic heterocycles. The van der Waals surface area contributed by atoms with Crippen molar-refractivity contribution in [3.8, 4) is 22.3 Å². The van der Waals surface area contributed by atoms with Gasteiger partial charge in [0.05, 0.1) is 5.52 Å². The molecule has 0 amide bonds. The quantitative estimate of drug-likeness (QED) is 0.470. The number of nitrogens with one attached hydrogen (secondary N) is 1. The highest BCUT2D eigenvalue weighted by molar-refractivity contribution is 6.00. The van der Waals surface area contributed by atoms with Crippen molar-refractivity contribution in [2.45, 2.75) is 0 Å². The number of H-pyrrole nitrogens is 1. The molecule has 0 aliphatic carbocycles. The molecule has 3 nitrogen and oxygen atoms in total. The van der Waals surface area contributed by atoms with E-state index in [2.05, 4.69) is 69.5 Å². The summed E-state index contributed by atoms with van der Waals surface area (Å²) in [4.78, 5) is 12.2. The van der Waals surface area contributed by atoms with E-state index in [9.17, 15) is 0 Å². The first-order chi connectivity index (χ1) is 12.4. The van der Waals surface area contributed by atoms with Gasteiger partial charge in [0.25, 0.3) is 0 Å². The molecule has 3 heteroatoms. The Morgan fingerprint density at radius 1 is 0.640 bits per heavy atom. The lowest BCUT2D eigenvalue weighted by Gasteiger charge is -2.08. The molecule has 0 unspecified atom stereocenters. The summed E-state index contributed by atoms with van der Waals surface area (Å²) in [5.41, 5.74) is 6.64. The Hall–Kier alpha value is -3.46. The van der Waals surface area contributed by atoms with Gasteiger partial charge >= 0.3 is 0 Å². The van der Waals surface area contributed by atoms with Crippen LogP contribution in [0.4, 0.5) is 0 Å². The average Bonchev–Trinajstić information content (AvgIpc) is 3.12. The molecule has 5 aromatic rings. The van der Waals surface area contributed by atoms with Gasteiger partial charge in [0, 0.05) is 34.9 Å². The Morgan fingerprint density at radius 3 is 2.48 bits per heavy atom. The predicted molar refractivity (Wildman–Crippen MR) is 102 cm³/mol. The van der Waals surface area contributed by atoms with Gasteiger partial charge in [-0.25, -0.2) is 4.98 Å². The molecule has 0 aliphatic heterocycles. The van der Waals surface area contributed by atoms with E-state index >= 15 is 0 Å². The van der Waals surface area contributed by atoms with E-state index in [1.807, 2.05) is 24.5 Å². The van der Waals surface area contributed by atoms with Gasteiger partial charge in [-0.15, -0.1) is 0 Å². The highest BCUT2D eigenvalue weighted by Crippen LogP contribution is 2.33. The van der Waals surface area contributed by atoms with Gasteiger partial charge in [0.15, 0.2) is 0 Å². The monoisotopic (exact) mass is 321 g/mol. The van der Waals surface area contributed by atoms with Crippen molar-refractivity contribution in [3.63, 3.8) is 0 Å². The maximum atomic E-state index is 4.53. The van der Waals surface area contributed by atoms with E-state index in [4.69, 9.17) is 0 Å². The van der Waals surface area contributed by atoms with Crippen molar-refractivity contribution in [2.75, 3.05) is 0 Å². The summed E-state index contributed by atoms with van der Waals surface area (Å²) in [6.07, 6.45) is 5.71. The molecule has 1 N–H and O–H groups in total. The van der Waals surface area contributed by atoms with Crippen LogP contribution < -0.4 is 0 Å². The Morgan fingerprint density at radius 2 is 1.56 bits per heavy atom. The summed E-state index contributed by atoms with van der Waals surface area (Å²) < 4.78 is 0. The normalized spacial score (nSPS) is 11.2. The molecule has 0 aliphatic rings. The zero-order chi connectivity index (χ0) is 16.6. The largest absolute Gasteiger partial charge is 0.346 e. The van der Waals surface area contributed by atoms with Crippen LogP contribution in [0.1, 0.15) is 0 Å². The number of pyridine rings is 2. The second-order valence-corrected chi connectivity index (χ2v) is 6.06. The molecular weight excluding hydrogens is 306 g/mol. The van der Waals surface area contributed by atoms with Crippen molar-refractivity contribution in [1.82, 2.24) is 15.0 Å². The molecule has 25 heavy (non-hydrogen) atoms. The SMILES string of the molecule is c1ccc(-c2ccnc3ccc(-c4c[nH]c5ncccc45)cc23)cc1. The minimum atomic E-state index is 0.909. The lowest BCUT2D eigenvalue weighted by molar-refractivity contribution is 1.33. The van der Waals surface area contributed by atoms with Gasteiger partial charge in [-0.1, -0.05) is 36.4 Å². The van der Waals surface area contributed by atoms with Crippen LogP contribution in [0.5, 0.6) is 0 Å². The molecule has 0 spiro atoms. The number of rotatable bonds is 2. The molecule has 5 rings (SSSR count). The van der Waals surface area contributed by atoms with Gasteiger partial charge in [0.2, 0.25) is 0 Å². The van der Waals surface area contributed by atoms with Gasteiger partial charge < -0.3 is 4.98 Å². The molecule has 0 radical (unpaired) electrons. The second kappa shape index (κ2) is 5.56. The number of benzene rings is 2. The first-order valence-corrected chi connectivity index (χ1v) is 8.27. The fourth-order valence-corrected chi connectivity index (χ4v) is 3.38. The number of hydrogen-bond acceptors (Lipinski definition) is 2. The number of nitrogens with zero attached hydrogens (tertiary/aromatic N) is 2. The van der Waals surface area contributed by atoms with Crippen LogP contribution in [0.15, 0.2) is 85.3 Å². The highest BCUT2D eigenvalue weighted by atomic mass is 14.8. The molecule has 0 atom stereocenters. The average molecular weight is 321 g/mol. The maximum Gasteiger partial charge on any atom is 0.137 e. The van der Waals surface area contributed by atoms with Gasteiger partial charge in [0.1, 0.15) is 5.65 Å². The first kappa shape index (κ1) is 13.9. The topological polar surface area (TPSA) is 41.6 Å². The van der Waals surface area contributed by atoms with Crippen LogP contribution in [0.2, 0.25) is 0 Å². The van der Waals surface area contributed by atoms with Crippen LogP contribution in [-0.4, -0.2) is 15.0 Å². The summed E-state index contributed by atoms with van der Waals surface area (Å²) in [5, 5.41) is 2.29. The van der Waals surface area contributed by atoms with Crippen LogP contribution >= 0.6 is 0 Å². The maximum absolute atomic E-state index is 4.53. The number of aromatic nitrogens is 3. The van der Waals surface area contributed by atoms with E-state index in [-0.39, 0.29) is 0 Å². The number of aromatic amines is 1. The molecule has 0 bridgehead atoms. The fourth-order valence-electron chi connectivity index (χ4n) is 3.38. The highest BCUT2D eigenvalue weighted by Gasteiger charge is 2.10. The molecular formula is C22H15N3. The summed E-state index contributed by atoms with van der Waals surface area (Å²) >= 11 is 0. The van der Waals surface area contributed by atoms with E-state index in [0.29, 0.717) is 0 Å². The van der Waals surface area contributed by atoms with Crippen LogP contribution in [0.25, 0.3) is 44.2 Å². The second-order valence-electron chi connectivity index (χ2n) is 6.06. The predicted octanol–water partition coefficient (Wildman–Crippen LogP) is 5.45. The molecule has 0 saturated heterocycles. The molecule has 0 fully saturated rings. The smallest absolute Gasteiger partial charge is 0.137 e. The Labute approximate surface area is 145 Å². The molecule has 118 valence electrons. The Balaban J connectivity index is 1.76. The standard InChI is InChI=1S/C22H15N3/c1-2-5-15(6-3-1)17-10-12-23-21-9-8-16(13-19(17)21)20-14-25-22-18(20)7-4-11-24-22/h1-14H,(H,24,25). The van der Waals surface area contributed by atoms with Crippen LogP contribution in [0.3, 0.4) is 0 Å². The van der Waals surface area contributed by atoms with Crippen LogP contribution in [0, 0.1) is 0 Å². The van der Waals surface area contributed by atoms with Gasteiger partial charge in [-0.2, -0.15) is 0 Å². The van der Waals surface area contributed by atoms with E-state index in [1.54, 1.807) is 6.20 Å². The van der Waals surface area contributed by atoms with Crippen molar-refractivity contribution < 1.29 is 0 Å². The van der Waals surface area contributed by atoms with E-state index < -0.39 is 0 Å². The number of hydrogen-bond donors (Lipinski definition) is 1. The number of fused-ring (bicyclic) bond motifs is 2. The first-order valence-electron chi connectivity index (χ1n) is 8.27. The minimum absolute atomic E-state index is 0.909. The lowest BCUT2D eigenvalue weighted by Crippen LogP contribution is -1.86. The summed E-state index contributed by atoms with van der Waals surface area (Å²) in [7, 11) is 0. The van der Waals surface area contributed by atoms with Gasteiger partial charge in [-0.05, 0) is 47.0 Å². The van der Waals surface area contributed by atoms with Crippen molar-refractivity contribution in [1.29, 1.82) is 0 Å². The zero-order valence-corrected chi connectivity index (χ0v) is 13.5. The lowest BCUT2D eigenvalue weighted by atomic mass is 9.97. The minimum Gasteiger partial charge on any atom is -0.346 e.